The van der Waals surface area contributed by atoms with Crippen molar-refractivity contribution in [2.45, 2.75) is 25.8 Å². The molecule has 1 fully saturated rings. The van der Waals surface area contributed by atoms with Crippen molar-refractivity contribution in [1.82, 2.24) is 15.1 Å². The van der Waals surface area contributed by atoms with E-state index in [9.17, 15) is 0 Å². The van der Waals surface area contributed by atoms with Gasteiger partial charge in [-0.15, -0.1) is 0 Å². The van der Waals surface area contributed by atoms with Gasteiger partial charge in [-0.25, -0.2) is 0 Å². The van der Waals surface area contributed by atoms with Crippen molar-refractivity contribution in [3.63, 3.8) is 0 Å². The predicted molar refractivity (Wildman–Crippen MR) is 50.3 cm³/mol. The van der Waals surface area contributed by atoms with Crippen molar-refractivity contribution in [3.05, 3.63) is 17.5 Å². The third-order valence-electron chi connectivity index (χ3n) is 3.09. The van der Waals surface area contributed by atoms with E-state index >= 15 is 0 Å². The fourth-order valence-corrected chi connectivity index (χ4v) is 2.10. The highest BCUT2D eigenvalue weighted by Gasteiger charge is 2.26. The molecule has 3 nitrogen and oxygen atoms in total. The second kappa shape index (κ2) is 2.84. The van der Waals surface area contributed by atoms with Crippen molar-refractivity contribution in [3.8, 4) is 0 Å². The average molecular weight is 177 g/mol. The quantitative estimate of drug-likeness (QED) is 0.735. The molecule has 3 heteroatoms. The monoisotopic (exact) mass is 177 g/mol. The maximum absolute atomic E-state index is 4.08. The summed E-state index contributed by atoms with van der Waals surface area (Å²) >= 11 is 0. The molecule has 1 saturated carbocycles. The van der Waals surface area contributed by atoms with Gasteiger partial charge < -0.3 is 0 Å². The molecule has 1 aromatic rings. The molecular weight excluding hydrogens is 162 g/mol. The van der Waals surface area contributed by atoms with E-state index in [0.717, 1.165) is 18.9 Å². The summed E-state index contributed by atoms with van der Waals surface area (Å²) < 4.78 is 0. The number of hydrogen-bond donors (Lipinski definition) is 1. The van der Waals surface area contributed by atoms with Crippen LogP contribution in [-0.4, -0.2) is 28.2 Å². The van der Waals surface area contributed by atoms with Gasteiger partial charge in [0.1, 0.15) is 0 Å². The van der Waals surface area contributed by atoms with Crippen molar-refractivity contribution >= 4 is 0 Å². The Morgan fingerprint density at radius 2 is 2.46 bits per heavy atom. The van der Waals surface area contributed by atoms with Crippen molar-refractivity contribution < 1.29 is 0 Å². The number of fused-ring (bicyclic) bond motifs is 1. The SMILES string of the molecule is c1n[nH]c2c1CN(CC1CC1)CC2. The second-order valence-corrected chi connectivity index (χ2v) is 4.30. The summed E-state index contributed by atoms with van der Waals surface area (Å²) in [5, 5.41) is 7.15. The molecule has 0 atom stereocenters. The number of rotatable bonds is 2. The number of nitrogens with one attached hydrogen (secondary N) is 1. The maximum Gasteiger partial charge on any atom is 0.0535 e. The molecule has 0 amide bonds. The lowest BCUT2D eigenvalue weighted by Crippen LogP contribution is -2.31. The van der Waals surface area contributed by atoms with Gasteiger partial charge in [0.25, 0.3) is 0 Å². The lowest BCUT2D eigenvalue weighted by atomic mass is 10.1. The largest absolute Gasteiger partial charge is 0.298 e. The van der Waals surface area contributed by atoms with Gasteiger partial charge in [0.05, 0.1) is 6.20 Å². The topological polar surface area (TPSA) is 31.9 Å². The highest BCUT2D eigenvalue weighted by atomic mass is 15.2. The molecule has 3 rings (SSSR count). The fraction of sp³-hybridized carbons (Fsp3) is 0.700. The third kappa shape index (κ3) is 1.48. The van der Waals surface area contributed by atoms with Crippen molar-refractivity contribution in [2.75, 3.05) is 13.1 Å². The Hall–Kier alpha value is -0.830. The van der Waals surface area contributed by atoms with Gasteiger partial charge >= 0.3 is 0 Å². The summed E-state index contributed by atoms with van der Waals surface area (Å²) in [6, 6.07) is 0. The van der Waals surface area contributed by atoms with E-state index in [1.807, 2.05) is 6.20 Å². The van der Waals surface area contributed by atoms with Crippen LogP contribution < -0.4 is 0 Å². The minimum atomic E-state index is 1.01. The fourth-order valence-electron chi connectivity index (χ4n) is 2.10. The highest BCUT2D eigenvalue weighted by Crippen LogP contribution is 2.31. The maximum atomic E-state index is 4.08. The normalized spacial score (nSPS) is 23.1. The van der Waals surface area contributed by atoms with Crippen LogP contribution in [0.2, 0.25) is 0 Å². The average Bonchev–Trinajstić information content (AvgIpc) is 2.83. The zero-order valence-electron chi connectivity index (χ0n) is 7.79. The Labute approximate surface area is 78.1 Å². The standard InChI is InChI=1S/C10H15N3/c1-2-8(1)6-13-4-3-10-9(7-13)5-11-12-10/h5,8H,1-4,6-7H2,(H,11,12). The Bertz CT molecular complexity index is 301. The van der Waals surface area contributed by atoms with Crippen LogP contribution in [0.5, 0.6) is 0 Å². The lowest BCUT2D eigenvalue weighted by molar-refractivity contribution is 0.243. The smallest absolute Gasteiger partial charge is 0.0535 e. The third-order valence-corrected chi connectivity index (χ3v) is 3.09. The van der Waals surface area contributed by atoms with Gasteiger partial charge in [-0.1, -0.05) is 0 Å². The molecule has 0 aromatic carbocycles. The molecule has 0 unspecified atom stereocenters. The molecule has 13 heavy (non-hydrogen) atoms. The van der Waals surface area contributed by atoms with Crippen LogP contribution in [0.3, 0.4) is 0 Å². The molecule has 0 saturated heterocycles. The number of nitrogens with zero attached hydrogens (tertiary/aromatic N) is 2. The Kier molecular flexibility index (Phi) is 1.65. The molecule has 2 heterocycles. The zero-order chi connectivity index (χ0) is 8.67. The molecule has 70 valence electrons. The van der Waals surface area contributed by atoms with Gasteiger partial charge in [0, 0.05) is 37.3 Å². The summed E-state index contributed by atoms with van der Waals surface area (Å²) in [5.41, 5.74) is 2.76. The first-order valence-electron chi connectivity index (χ1n) is 5.15. The Morgan fingerprint density at radius 3 is 3.31 bits per heavy atom. The van der Waals surface area contributed by atoms with Crippen molar-refractivity contribution in [1.29, 1.82) is 0 Å². The molecule has 1 aliphatic heterocycles. The van der Waals surface area contributed by atoms with E-state index in [1.165, 1.54) is 37.2 Å². The van der Waals surface area contributed by atoms with Crippen LogP contribution in [0.15, 0.2) is 6.20 Å². The number of aromatic nitrogens is 2. The molecule has 0 bridgehead atoms. The van der Waals surface area contributed by atoms with E-state index in [0.29, 0.717) is 0 Å². The highest BCUT2D eigenvalue weighted by molar-refractivity contribution is 5.19. The van der Waals surface area contributed by atoms with Gasteiger partial charge in [0.2, 0.25) is 0 Å². The minimum absolute atomic E-state index is 1.01. The molecule has 1 aromatic heterocycles. The van der Waals surface area contributed by atoms with Gasteiger partial charge in [0.15, 0.2) is 0 Å². The van der Waals surface area contributed by atoms with Crippen LogP contribution in [0.1, 0.15) is 24.1 Å². The van der Waals surface area contributed by atoms with Gasteiger partial charge in [-0.2, -0.15) is 5.10 Å². The molecule has 2 aliphatic rings. The van der Waals surface area contributed by atoms with Crippen LogP contribution in [0.4, 0.5) is 0 Å². The molecule has 1 aliphatic carbocycles. The van der Waals surface area contributed by atoms with Gasteiger partial charge in [-0.05, 0) is 18.8 Å². The molecule has 0 radical (unpaired) electrons. The summed E-state index contributed by atoms with van der Waals surface area (Å²) in [5.74, 6) is 1.01. The summed E-state index contributed by atoms with van der Waals surface area (Å²) in [6.45, 7) is 3.64. The Morgan fingerprint density at radius 1 is 1.54 bits per heavy atom. The molecule has 0 spiro atoms. The van der Waals surface area contributed by atoms with E-state index < -0.39 is 0 Å². The first kappa shape index (κ1) is 7.56. The van der Waals surface area contributed by atoms with E-state index in [2.05, 4.69) is 15.1 Å². The number of aromatic amines is 1. The zero-order valence-corrected chi connectivity index (χ0v) is 7.79. The van der Waals surface area contributed by atoms with E-state index in [1.54, 1.807) is 0 Å². The molecular formula is C10H15N3. The number of hydrogen-bond acceptors (Lipinski definition) is 2. The number of H-pyrrole nitrogens is 1. The van der Waals surface area contributed by atoms with Crippen LogP contribution >= 0.6 is 0 Å². The van der Waals surface area contributed by atoms with E-state index in [4.69, 9.17) is 0 Å². The van der Waals surface area contributed by atoms with Crippen LogP contribution in [-0.2, 0) is 13.0 Å². The molecule has 1 N–H and O–H groups in total. The van der Waals surface area contributed by atoms with Crippen LogP contribution in [0.25, 0.3) is 0 Å². The predicted octanol–water partition coefficient (Wildman–Crippen LogP) is 1.18. The van der Waals surface area contributed by atoms with Crippen molar-refractivity contribution in [2.24, 2.45) is 5.92 Å². The Balaban J connectivity index is 1.69. The second-order valence-electron chi connectivity index (χ2n) is 4.30. The summed E-state index contributed by atoms with van der Waals surface area (Å²) in [7, 11) is 0. The van der Waals surface area contributed by atoms with E-state index in [-0.39, 0.29) is 0 Å². The lowest BCUT2D eigenvalue weighted by Gasteiger charge is -2.25. The van der Waals surface area contributed by atoms with Gasteiger partial charge in [-0.3, -0.25) is 10.00 Å². The van der Waals surface area contributed by atoms with Crippen LogP contribution in [0, 0.1) is 5.92 Å². The first-order chi connectivity index (χ1) is 6.42. The summed E-state index contributed by atoms with van der Waals surface area (Å²) in [6.07, 6.45) is 6.04. The minimum Gasteiger partial charge on any atom is -0.298 e. The summed E-state index contributed by atoms with van der Waals surface area (Å²) in [4.78, 5) is 2.56. The first-order valence-corrected chi connectivity index (χ1v) is 5.15.